The third kappa shape index (κ3) is 2.52. The first-order valence-corrected chi connectivity index (χ1v) is 7.75. The molecule has 0 radical (unpaired) electrons. The summed E-state index contributed by atoms with van der Waals surface area (Å²) in [5.74, 6) is 0.756. The molecule has 1 aromatic carbocycles. The molecule has 1 fully saturated rings. The van der Waals surface area contributed by atoms with Crippen molar-refractivity contribution in [3.8, 4) is 0 Å². The predicted octanol–water partition coefficient (Wildman–Crippen LogP) is 2.14. The number of fused-ring (bicyclic) bond motifs is 1. The number of carbonyl (C=O) groups is 1. The highest BCUT2D eigenvalue weighted by Crippen LogP contribution is 2.27. The average Bonchev–Trinajstić information content (AvgIpc) is 3.07. The van der Waals surface area contributed by atoms with Gasteiger partial charge in [-0.15, -0.1) is 10.2 Å². The Hall–Kier alpha value is -2.80. The van der Waals surface area contributed by atoms with Crippen molar-refractivity contribution in [2.45, 2.75) is 13.0 Å². The molecule has 2 aromatic heterocycles. The highest BCUT2D eigenvalue weighted by Gasteiger charge is 2.33. The molecule has 7 nitrogen and oxygen atoms in total. The maximum atomic E-state index is 13.1. The molecule has 0 unspecified atom stereocenters. The molecule has 1 aliphatic rings. The van der Waals surface area contributed by atoms with Crippen LogP contribution in [0, 0.1) is 6.92 Å². The number of amides is 1. The molecule has 7 heteroatoms. The molecular formula is C17H16N4O3. The number of nitrogens with zero attached hydrogens (tertiary/aromatic N) is 4. The number of rotatable bonds is 2. The Balaban J connectivity index is 1.73. The van der Waals surface area contributed by atoms with Crippen molar-refractivity contribution in [1.82, 2.24) is 20.1 Å². The van der Waals surface area contributed by atoms with Gasteiger partial charge in [0.25, 0.3) is 5.91 Å². The minimum absolute atomic E-state index is 0.108. The van der Waals surface area contributed by atoms with E-state index in [9.17, 15) is 4.79 Å². The van der Waals surface area contributed by atoms with E-state index in [0.29, 0.717) is 37.1 Å². The number of carbonyl (C=O) groups excluding carboxylic acids is 1. The third-order valence-corrected chi connectivity index (χ3v) is 4.11. The topological polar surface area (TPSA) is 81.4 Å². The SMILES string of the molecule is Cc1nnc([C@H]2COCCN2C(=O)c2cncc3ccccc23)o1. The second-order valence-electron chi connectivity index (χ2n) is 5.66. The van der Waals surface area contributed by atoms with Crippen LogP contribution < -0.4 is 0 Å². The van der Waals surface area contributed by atoms with Crippen LogP contribution in [-0.4, -0.2) is 45.7 Å². The lowest BCUT2D eigenvalue weighted by atomic mass is 10.1. The molecule has 122 valence electrons. The number of benzene rings is 1. The van der Waals surface area contributed by atoms with E-state index in [0.717, 1.165) is 10.8 Å². The Morgan fingerprint density at radius 1 is 1.25 bits per heavy atom. The zero-order chi connectivity index (χ0) is 16.5. The van der Waals surface area contributed by atoms with Crippen LogP contribution in [0.15, 0.2) is 41.1 Å². The van der Waals surface area contributed by atoms with Crippen LogP contribution in [0.3, 0.4) is 0 Å². The zero-order valence-electron chi connectivity index (χ0n) is 13.2. The van der Waals surface area contributed by atoms with Crippen molar-refractivity contribution in [3.63, 3.8) is 0 Å². The molecule has 3 aromatic rings. The summed E-state index contributed by atoms with van der Waals surface area (Å²) in [7, 11) is 0. The molecule has 1 saturated heterocycles. The minimum Gasteiger partial charge on any atom is -0.423 e. The van der Waals surface area contributed by atoms with Crippen molar-refractivity contribution < 1.29 is 13.9 Å². The van der Waals surface area contributed by atoms with E-state index in [-0.39, 0.29) is 11.9 Å². The summed E-state index contributed by atoms with van der Waals surface area (Å²) >= 11 is 0. The normalized spacial score (nSPS) is 18.0. The highest BCUT2D eigenvalue weighted by atomic mass is 16.5. The van der Waals surface area contributed by atoms with Crippen LogP contribution in [-0.2, 0) is 4.74 Å². The molecule has 0 saturated carbocycles. The Labute approximate surface area is 138 Å². The maximum absolute atomic E-state index is 13.1. The van der Waals surface area contributed by atoms with Crippen LogP contribution in [0.5, 0.6) is 0 Å². The van der Waals surface area contributed by atoms with Gasteiger partial charge in [0.05, 0.1) is 18.8 Å². The molecule has 3 heterocycles. The van der Waals surface area contributed by atoms with Crippen LogP contribution in [0.4, 0.5) is 0 Å². The van der Waals surface area contributed by atoms with Crippen LogP contribution in [0.2, 0.25) is 0 Å². The number of hydrogen-bond donors (Lipinski definition) is 0. The maximum Gasteiger partial charge on any atom is 0.256 e. The predicted molar refractivity (Wildman–Crippen MR) is 85.4 cm³/mol. The fourth-order valence-electron chi connectivity index (χ4n) is 2.94. The van der Waals surface area contributed by atoms with Crippen molar-refractivity contribution in [3.05, 3.63) is 54.0 Å². The van der Waals surface area contributed by atoms with Crippen LogP contribution in [0.1, 0.15) is 28.2 Å². The van der Waals surface area contributed by atoms with Gasteiger partial charge >= 0.3 is 0 Å². The van der Waals surface area contributed by atoms with Crippen molar-refractivity contribution in [1.29, 1.82) is 0 Å². The van der Waals surface area contributed by atoms with Crippen molar-refractivity contribution >= 4 is 16.7 Å². The molecule has 24 heavy (non-hydrogen) atoms. The molecule has 0 spiro atoms. The first-order chi connectivity index (χ1) is 11.7. The van der Waals surface area contributed by atoms with Crippen LogP contribution in [0.25, 0.3) is 10.8 Å². The van der Waals surface area contributed by atoms with Gasteiger partial charge in [-0.25, -0.2) is 0 Å². The lowest BCUT2D eigenvalue weighted by Gasteiger charge is -2.33. The lowest BCUT2D eigenvalue weighted by Crippen LogP contribution is -2.43. The first kappa shape index (κ1) is 14.8. The fourth-order valence-corrected chi connectivity index (χ4v) is 2.94. The van der Waals surface area contributed by atoms with Gasteiger partial charge < -0.3 is 14.1 Å². The molecule has 0 N–H and O–H groups in total. The number of aryl methyl sites for hydroxylation is 1. The zero-order valence-corrected chi connectivity index (χ0v) is 13.2. The van der Waals surface area contributed by atoms with E-state index in [4.69, 9.17) is 9.15 Å². The molecule has 1 amide bonds. The molecule has 0 bridgehead atoms. The van der Waals surface area contributed by atoms with E-state index < -0.39 is 0 Å². The van der Waals surface area contributed by atoms with Gasteiger partial charge in [0.2, 0.25) is 11.8 Å². The molecule has 0 aliphatic carbocycles. The number of ether oxygens (including phenoxy) is 1. The largest absolute Gasteiger partial charge is 0.423 e. The fraction of sp³-hybridized carbons (Fsp3) is 0.294. The molecule has 4 rings (SSSR count). The molecule has 1 aliphatic heterocycles. The van der Waals surface area contributed by atoms with E-state index in [1.807, 2.05) is 24.3 Å². The van der Waals surface area contributed by atoms with Gasteiger partial charge in [0.15, 0.2) is 0 Å². The average molecular weight is 324 g/mol. The summed E-state index contributed by atoms with van der Waals surface area (Å²) in [6.07, 6.45) is 3.36. The van der Waals surface area contributed by atoms with E-state index >= 15 is 0 Å². The summed E-state index contributed by atoms with van der Waals surface area (Å²) in [6, 6.07) is 7.33. The van der Waals surface area contributed by atoms with Crippen molar-refractivity contribution in [2.75, 3.05) is 19.8 Å². The molecular weight excluding hydrogens is 308 g/mol. The Morgan fingerprint density at radius 2 is 2.12 bits per heavy atom. The standard InChI is InChI=1S/C17H16N4O3/c1-11-19-20-16(24-11)15-10-23-7-6-21(15)17(22)14-9-18-8-12-4-2-3-5-13(12)14/h2-5,8-9,15H,6-7,10H2,1H3/t15-/m1/s1. The summed E-state index contributed by atoms with van der Waals surface area (Å²) in [6.45, 7) is 3.01. The van der Waals surface area contributed by atoms with E-state index in [2.05, 4.69) is 15.2 Å². The van der Waals surface area contributed by atoms with Gasteiger partial charge in [0.1, 0.15) is 6.04 Å². The number of hydrogen-bond acceptors (Lipinski definition) is 6. The van der Waals surface area contributed by atoms with Gasteiger partial charge in [-0.1, -0.05) is 24.3 Å². The smallest absolute Gasteiger partial charge is 0.256 e. The summed E-state index contributed by atoms with van der Waals surface area (Å²) < 4.78 is 11.0. The van der Waals surface area contributed by atoms with Gasteiger partial charge in [0, 0.05) is 31.2 Å². The lowest BCUT2D eigenvalue weighted by molar-refractivity contribution is -0.0105. The van der Waals surface area contributed by atoms with Crippen molar-refractivity contribution in [2.24, 2.45) is 0 Å². The number of aromatic nitrogens is 3. The Morgan fingerprint density at radius 3 is 2.96 bits per heavy atom. The summed E-state index contributed by atoms with van der Waals surface area (Å²) in [5.41, 5.74) is 0.566. The quantitative estimate of drug-likeness (QED) is 0.718. The number of morpholine rings is 1. The minimum atomic E-state index is -0.383. The number of pyridine rings is 1. The summed E-state index contributed by atoms with van der Waals surface area (Å²) in [5, 5.41) is 9.72. The third-order valence-electron chi connectivity index (χ3n) is 4.11. The Kier molecular flexibility index (Phi) is 3.70. The van der Waals surface area contributed by atoms with Gasteiger partial charge in [-0.3, -0.25) is 9.78 Å². The first-order valence-electron chi connectivity index (χ1n) is 7.75. The van der Waals surface area contributed by atoms with E-state index in [1.54, 1.807) is 24.2 Å². The van der Waals surface area contributed by atoms with Crippen LogP contribution >= 0.6 is 0 Å². The Bertz CT molecular complexity index is 887. The van der Waals surface area contributed by atoms with Gasteiger partial charge in [-0.2, -0.15) is 0 Å². The summed E-state index contributed by atoms with van der Waals surface area (Å²) in [4.78, 5) is 19.1. The van der Waals surface area contributed by atoms with E-state index in [1.165, 1.54) is 0 Å². The molecule has 1 atom stereocenters. The van der Waals surface area contributed by atoms with Gasteiger partial charge in [-0.05, 0) is 5.39 Å². The second-order valence-corrected chi connectivity index (χ2v) is 5.66. The monoisotopic (exact) mass is 324 g/mol. The highest BCUT2D eigenvalue weighted by molar-refractivity contribution is 6.06. The second kappa shape index (κ2) is 6.01.